The number of carbonyl (C=O) groups excluding carboxylic acids is 1. The summed E-state index contributed by atoms with van der Waals surface area (Å²) in [5, 5.41) is 13.0. The Bertz CT molecular complexity index is 635. The Balaban J connectivity index is 1.96. The summed E-state index contributed by atoms with van der Waals surface area (Å²) < 4.78 is 5.33. The van der Waals surface area contributed by atoms with Crippen LogP contribution in [0.15, 0.2) is 52.0 Å². The zero-order chi connectivity index (χ0) is 16.9. The zero-order valence-electron chi connectivity index (χ0n) is 13.7. The SMILES string of the molecule is CC(C)C(C)(O)CNC(=O)c1occc1CSc1ccccc1. The van der Waals surface area contributed by atoms with Gasteiger partial charge in [-0.25, -0.2) is 0 Å². The van der Waals surface area contributed by atoms with Gasteiger partial charge in [-0.2, -0.15) is 0 Å². The third kappa shape index (κ3) is 4.88. The monoisotopic (exact) mass is 333 g/mol. The van der Waals surface area contributed by atoms with Crippen molar-refractivity contribution in [2.75, 3.05) is 6.54 Å². The highest BCUT2D eigenvalue weighted by atomic mass is 32.2. The van der Waals surface area contributed by atoms with Crippen LogP contribution in [0.25, 0.3) is 0 Å². The standard InChI is InChI=1S/C18H23NO3S/c1-13(2)18(3,21)12-19-17(20)16-14(9-10-22-16)11-23-15-7-5-4-6-8-15/h4-10,13,21H,11-12H2,1-3H3,(H,19,20). The maximum Gasteiger partial charge on any atom is 0.287 e. The first-order valence-electron chi connectivity index (χ1n) is 7.65. The van der Waals surface area contributed by atoms with Crippen molar-refractivity contribution in [3.8, 4) is 0 Å². The first kappa shape index (κ1) is 17.6. The van der Waals surface area contributed by atoms with Crippen molar-refractivity contribution in [2.24, 2.45) is 5.92 Å². The van der Waals surface area contributed by atoms with Crippen molar-refractivity contribution in [1.29, 1.82) is 0 Å². The molecule has 0 radical (unpaired) electrons. The van der Waals surface area contributed by atoms with Gasteiger partial charge in [-0.05, 0) is 31.0 Å². The van der Waals surface area contributed by atoms with Gasteiger partial charge in [0.05, 0.1) is 11.9 Å². The Labute approximate surface area is 141 Å². The molecule has 0 aliphatic carbocycles. The van der Waals surface area contributed by atoms with E-state index in [1.54, 1.807) is 18.7 Å². The molecule has 2 rings (SSSR count). The van der Waals surface area contributed by atoms with E-state index in [1.807, 2.05) is 50.2 Å². The topological polar surface area (TPSA) is 62.5 Å². The number of furan rings is 1. The fraction of sp³-hybridized carbons (Fsp3) is 0.389. The predicted octanol–water partition coefficient (Wildman–Crippen LogP) is 3.71. The molecule has 2 N–H and O–H groups in total. The summed E-state index contributed by atoms with van der Waals surface area (Å²) in [6.07, 6.45) is 1.52. The van der Waals surface area contributed by atoms with Gasteiger partial charge < -0.3 is 14.8 Å². The zero-order valence-corrected chi connectivity index (χ0v) is 14.5. The van der Waals surface area contributed by atoms with Gasteiger partial charge in [-0.1, -0.05) is 32.0 Å². The maximum absolute atomic E-state index is 12.3. The summed E-state index contributed by atoms with van der Waals surface area (Å²) in [6, 6.07) is 11.8. The fourth-order valence-corrected chi connectivity index (χ4v) is 2.77. The van der Waals surface area contributed by atoms with Gasteiger partial charge in [0.2, 0.25) is 0 Å². The van der Waals surface area contributed by atoms with Crippen molar-refractivity contribution in [2.45, 2.75) is 37.0 Å². The Hall–Kier alpha value is -1.72. The minimum absolute atomic E-state index is 0.0486. The molecule has 2 aromatic rings. The lowest BCUT2D eigenvalue weighted by Crippen LogP contribution is -2.44. The summed E-state index contributed by atoms with van der Waals surface area (Å²) in [5.74, 6) is 0.726. The van der Waals surface area contributed by atoms with Crippen LogP contribution in [0.5, 0.6) is 0 Å². The molecule has 0 saturated heterocycles. The van der Waals surface area contributed by atoms with Crippen LogP contribution in [0.1, 0.15) is 36.9 Å². The Kier molecular flexibility index (Phi) is 5.91. The van der Waals surface area contributed by atoms with Crippen molar-refractivity contribution in [3.63, 3.8) is 0 Å². The molecule has 0 aliphatic rings. The molecule has 1 atom stereocenters. The van der Waals surface area contributed by atoms with E-state index in [1.165, 1.54) is 6.26 Å². The van der Waals surface area contributed by atoms with Crippen molar-refractivity contribution >= 4 is 17.7 Å². The molecular formula is C18H23NO3S. The second kappa shape index (κ2) is 7.70. The molecule has 5 heteroatoms. The van der Waals surface area contributed by atoms with Crippen LogP contribution in [0.2, 0.25) is 0 Å². The Morgan fingerprint density at radius 1 is 1.30 bits per heavy atom. The number of aliphatic hydroxyl groups is 1. The summed E-state index contributed by atoms with van der Waals surface area (Å²) in [5.41, 5.74) is -0.0955. The average molecular weight is 333 g/mol. The fourth-order valence-electron chi connectivity index (χ4n) is 1.87. The molecule has 4 nitrogen and oxygen atoms in total. The third-order valence-electron chi connectivity index (χ3n) is 3.94. The van der Waals surface area contributed by atoms with Gasteiger partial charge in [-0.3, -0.25) is 4.79 Å². The Morgan fingerprint density at radius 2 is 2.00 bits per heavy atom. The highest BCUT2D eigenvalue weighted by molar-refractivity contribution is 7.98. The molecule has 124 valence electrons. The highest BCUT2D eigenvalue weighted by Gasteiger charge is 2.26. The maximum atomic E-state index is 12.3. The molecule has 0 fully saturated rings. The van der Waals surface area contributed by atoms with Gasteiger partial charge in [0.15, 0.2) is 5.76 Å². The van der Waals surface area contributed by atoms with E-state index in [2.05, 4.69) is 5.32 Å². The van der Waals surface area contributed by atoms with E-state index in [4.69, 9.17) is 4.42 Å². The summed E-state index contributed by atoms with van der Waals surface area (Å²) in [7, 11) is 0. The number of amides is 1. The van der Waals surface area contributed by atoms with Crippen LogP contribution in [0, 0.1) is 5.92 Å². The van der Waals surface area contributed by atoms with E-state index in [0.717, 1.165) is 10.5 Å². The lowest BCUT2D eigenvalue weighted by molar-refractivity contribution is 0.0139. The molecule has 0 saturated carbocycles. The number of rotatable bonds is 7. The molecule has 1 heterocycles. The molecule has 0 aliphatic heterocycles. The number of hydrogen-bond acceptors (Lipinski definition) is 4. The Morgan fingerprint density at radius 3 is 2.65 bits per heavy atom. The number of nitrogens with one attached hydrogen (secondary N) is 1. The largest absolute Gasteiger partial charge is 0.459 e. The molecule has 1 aromatic carbocycles. The van der Waals surface area contributed by atoms with Crippen LogP contribution in [0.3, 0.4) is 0 Å². The smallest absolute Gasteiger partial charge is 0.287 e. The molecule has 1 unspecified atom stereocenters. The normalized spacial score (nSPS) is 13.8. The van der Waals surface area contributed by atoms with Crippen LogP contribution < -0.4 is 5.32 Å². The average Bonchev–Trinajstić information content (AvgIpc) is 3.00. The van der Waals surface area contributed by atoms with E-state index in [9.17, 15) is 9.90 Å². The number of hydrogen-bond donors (Lipinski definition) is 2. The molecule has 1 aromatic heterocycles. The van der Waals surface area contributed by atoms with Gasteiger partial charge in [0.1, 0.15) is 0 Å². The van der Waals surface area contributed by atoms with Gasteiger partial charge in [-0.15, -0.1) is 11.8 Å². The first-order valence-corrected chi connectivity index (χ1v) is 8.63. The quantitative estimate of drug-likeness (QED) is 0.758. The minimum atomic E-state index is -0.943. The highest BCUT2D eigenvalue weighted by Crippen LogP contribution is 2.25. The van der Waals surface area contributed by atoms with Gasteiger partial charge >= 0.3 is 0 Å². The van der Waals surface area contributed by atoms with E-state index < -0.39 is 5.60 Å². The second-order valence-corrected chi connectivity index (χ2v) is 7.12. The molecule has 0 spiro atoms. The van der Waals surface area contributed by atoms with Gasteiger partial charge in [0.25, 0.3) is 5.91 Å². The summed E-state index contributed by atoms with van der Waals surface area (Å²) in [6.45, 7) is 5.74. The predicted molar refractivity (Wildman–Crippen MR) is 92.5 cm³/mol. The number of thioether (sulfide) groups is 1. The van der Waals surface area contributed by atoms with Crippen molar-refractivity contribution in [3.05, 3.63) is 54.0 Å². The van der Waals surface area contributed by atoms with Crippen LogP contribution >= 0.6 is 11.8 Å². The van der Waals surface area contributed by atoms with Crippen molar-refractivity contribution in [1.82, 2.24) is 5.32 Å². The van der Waals surface area contributed by atoms with E-state index in [-0.39, 0.29) is 18.4 Å². The number of carbonyl (C=O) groups is 1. The summed E-state index contributed by atoms with van der Waals surface area (Å²) >= 11 is 1.65. The van der Waals surface area contributed by atoms with Crippen LogP contribution in [-0.2, 0) is 5.75 Å². The second-order valence-electron chi connectivity index (χ2n) is 6.07. The number of benzene rings is 1. The van der Waals surface area contributed by atoms with E-state index >= 15 is 0 Å². The molecule has 23 heavy (non-hydrogen) atoms. The minimum Gasteiger partial charge on any atom is -0.459 e. The van der Waals surface area contributed by atoms with E-state index in [0.29, 0.717) is 11.5 Å². The lowest BCUT2D eigenvalue weighted by Gasteiger charge is -2.27. The lowest BCUT2D eigenvalue weighted by atomic mass is 9.92. The molecular weight excluding hydrogens is 310 g/mol. The summed E-state index contributed by atoms with van der Waals surface area (Å²) in [4.78, 5) is 13.4. The van der Waals surface area contributed by atoms with Gasteiger partial charge in [0, 0.05) is 22.8 Å². The molecule has 0 bridgehead atoms. The van der Waals surface area contributed by atoms with Crippen molar-refractivity contribution < 1.29 is 14.3 Å². The van der Waals surface area contributed by atoms with Crippen LogP contribution in [0.4, 0.5) is 0 Å². The van der Waals surface area contributed by atoms with Crippen LogP contribution in [-0.4, -0.2) is 23.2 Å². The molecule has 1 amide bonds. The third-order valence-corrected chi connectivity index (χ3v) is 5.00. The first-order chi connectivity index (χ1) is 10.9.